The van der Waals surface area contributed by atoms with Gasteiger partial charge in [0.25, 0.3) is 0 Å². The van der Waals surface area contributed by atoms with Crippen molar-refractivity contribution in [2.45, 2.75) is 174 Å². The Morgan fingerprint density at radius 2 is 0.875 bits per heavy atom. The number of thioether (sulfide) groups is 2. The van der Waals surface area contributed by atoms with Gasteiger partial charge in [0.1, 0.15) is 18.1 Å². The molecule has 0 radical (unpaired) electrons. The molecule has 0 aromatic carbocycles. The number of unbranched alkanes of at least 4 members (excludes halogenated alkanes) is 18. The van der Waals surface area contributed by atoms with Crippen LogP contribution >= 0.6 is 23.5 Å². The molecule has 3 atom stereocenters. The molecule has 0 aromatic heterocycles. The highest BCUT2D eigenvalue weighted by atomic mass is 32.2. The van der Waals surface area contributed by atoms with Gasteiger partial charge in [-0.25, -0.2) is 0 Å². The van der Waals surface area contributed by atoms with E-state index in [1.54, 1.807) is 0 Å². The van der Waals surface area contributed by atoms with E-state index in [2.05, 4.69) is 40.4 Å². The quantitative estimate of drug-likeness (QED) is 0.0414. The molecule has 6 amide bonds. The lowest BCUT2D eigenvalue weighted by atomic mass is 10.1. The lowest BCUT2D eigenvalue weighted by Gasteiger charge is -2.23. The van der Waals surface area contributed by atoms with E-state index in [-0.39, 0.29) is 34.8 Å². The van der Waals surface area contributed by atoms with Gasteiger partial charge in [-0.2, -0.15) is 0 Å². The van der Waals surface area contributed by atoms with E-state index < -0.39 is 54.1 Å². The minimum Gasteiger partial charge on any atom is -0.481 e. The Balaban J connectivity index is 4.70. The van der Waals surface area contributed by atoms with E-state index in [9.17, 15) is 38.7 Å². The molecule has 0 saturated heterocycles. The molecule has 56 heavy (non-hydrogen) atoms. The number of nitrogens with one attached hydrogen (secondary N) is 5. The number of primary amides is 1. The van der Waals surface area contributed by atoms with Gasteiger partial charge in [0.05, 0.1) is 17.9 Å². The molecule has 0 aliphatic carbocycles. The van der Waals surface area contributed by atoms with Crippen LogP contribution in [0.2, 0.25) is 0 Å². The maximum atomic E-state index is 13.2. The van der Waals surface area contributed by atoms with Gasteiger partial charge in [0.15, 0.2) is 0 Å². The van der Waals surface area contributed by atoms with Crippen molar-refractivity contribution in [2.75, 3.05) is 36.1 Å². The Labute approximate surface area is 344 Å². The van der Waals surface area contributed by atoms with Gasteiger partial charge >= 0.3 is 5.97 Å². The number of nitrogens with two attached hydrogens (primary N) is 1. The Morgan fingerprint density at radius 1 is 0.518 bits per heavy atom. The van der Waals surface area contributed by atoms with Crippen LogP contribution in [0.4, 0.5) is 0 Å². The Hall–Kier alpha value is -3.01. The zero-order valence-electron chi connectivity index (χ0n) is 34.5. The maximum Gasteiger partial charge on any atom is 0.305 e. The number of carbonyl (C=O) groups is 7. The highest BCUT2D eigenvalue weighted by Crippen LogP contribution is 2.12. The molecule has 14 nitrogen and oxygen atoms in total. The summed E-state index contributed by atoms with van der Waals surface area (Å²) >= 11 is 2.19. The fourth-order valence-electron chi connectivity index (χ4n) is 5.87. The molecule has 8 N–H and O–H groups in total. The second-order valence-corrected chi connectivity index (χ2v) is 16.5. The molecule has 16 heteroatoms. The molecule has 324 valence electrons. The monoisotopic (exact) mass is 831 g/mol. The first-order valence-corrected chi connectivity index (χ1v) is 23.3. The smallest absolute Gasteiger partial charge is 0.305 e. The first-order valence-electron chi connectivity index (χ1n) is 21.0. The van der Waals surface area contributed by atoms with Gasteiger partial charge in [-0.05, 0) is 12.8 Å². The lowest BCUT2D eigenvalue weighted by Crippen LogP contribution is -2.57. The van der Waals surface area contributed by atoms with Crippen molar-refractivity contribution in [1.82, 2.24) is 26.6 Å². The highest BCUT2D eigenvalue weighted by molar-refractivity contribution is 8.00. The number of hydrogen-bond acceptors (Lipinski definition) is 9. The van der Waals surface area contributed by atoms with Crippen molar-refractivity contribution in [3.8, 4) is 0 Å². The van der Waals surface area contributed by atoms with Crippen LogP contribution in [0.5, 0.6) is 0 Å². The van der Waals surface area contributed by atoms with Crippen LogP contribution in [-0.4, -0.2) is 101 Å². The number of aliphatic carboxylic acids is 1. The first kappa shape index (κ1) is 53.0. The Morgan fingerprint density at radius 3 is 1.25 bits per heavy atom. The van der Waals surface area contributed by atoms with E-state index >= 15 is 0 Å². The van der Waals surface area contributed by atoms with E-state index in [0.717, 1.165) is 62.0 Å². The van der Waals surface area contributed by atoms with Crippen molar-refractivity contribution in [1.29, 1.82) is 0 Å². The molecule has 0 spiro atoms. The SMILES string of the molecule is CCCCCCCCCCCCNC(=O)CSC[C@H](NC(=O)[C@H](CC(=O)O)NC(=O)[C@H](CSCC(=O)NCCCCCCCCCCCC)NC(C)=O)C(N)=O. The molecule has 0 unspecified atom stereocenters. The van der Waals surface area contributed by atoms with Crippen LogP contribution < -0.4 is 32.3 Å². The lowest BCUT2D eigenvalue weighted by molar-refractivity contribution is -0.141. The molecular formula is C40H74N6O8S2. The minimum absolute atomic E-state index is 0.0136. The summed E-state index contributed by atoms with van der Waals surface area (Å²) in [6, 6.07) is -4.00. The third kappa shape index (κ3) is 32.1. The average Bonchev–Trinajstić information content (AvgIpc) is 3.14. The van der Waals surface area contributed by atoms with Gasteiger partial charge in [-0.1, -0.05) is 129 Å². The Bertz CT molecular complexity index is 1130. The summed E-state index contributed by atoms with van der Waals surface area (Å²) in [4.78, 5) is 86.6. The van der Waals surface area contributed by atoms with Crippen LogP contribution in [0.1, 0.15) is 156 Å². The summed E-state index contributed by atoms with van der Waals surface area (Å²) in [6.45, 7) is 6.73. The molecule has 0 fully saturated rings. The van der Waals surface area contributed by atoms with Crippen LogP contribution in [0.25, 0.3) is 0 Å². The number of carboxylic acid groups (broad SMARTS) is 1. The van der Waals surface area contributed by atoms with E-state index in [4.69, 9.17) is 5.73 Å². The number of rotatable bonds is 38. The van der Waals surface area contributed by atoms with Crippen LogP contribution in [0.15, 0.2) is 0 Å². The molecule has 0 aliphatic rings. The van der Waals surface area contributed by atoms with E-state index in [1.807, 2.05) is 0 Å². The second-order valence-electron chi connectivity index (χ2n) is 14.5. The third-order valence-electron chi connectivity index (χ3n) is 9.11. The number of carbonyl (C=O) groups excluding carboxylic acids is 6. The standard InChI is InChI=1S/C40H74N6O8S2/c1-4-6-8-10-12-14-16-18-20-22-24-42-35(48)29-55-27-33(38(41)52)46-39(53)32(26-37(50)51)45-40(54)34(44-31(3)47)28-56-30-36(49)43-25-23-21-19-17-15-13-11-9-7-5-2/h32-34H,4-30H2,1-3H3,(H2,41,52)(H,42,48)(H,43,49)(H,44,47)(H,45,54)(H,46,53)(H,50,51)/t32-,33-,34-/m0/s1. The summed E-state index contributed by atoms with van der Waals surface area (Å²) in [6.07, 6.45) is 23.0. The first-order chi connectivity index (χ1) is 26.9. The van der Waals surface area contributed by atoms with Gasteiger partial charge in [-0.15, -0.1) is 23.5 Å². The summed E-state index contributed by atoms with van der Waals surface area (Å²) < 4.78 is 0. The van der Waals surface area contributed by atoms with Crippen LogP contribution in [0.3, 0.4) is 0 Å². The summed E-state index contributed by atoms with van der Waals surface area (Å²) in [7, 11) is 0. The molecule has 0 aliphatic heterocycles. The fourth-order valence-corrected chi connectivity index (χ4v) is 7.64. The highest BCUT2D eigenvalue weighted by Gasteiger charge is 2.30. The molecular weight excluding hydrogens is 757 g/mol. The molecule has 0 saturated carbocycles. The van der Waals surface area contributed by atoms with E-state index in [1.165, 1.54) is 96.8 Å². The van der Waals surface area contributed by atoms with Crippen molar-refractivity contribution in [3.63, 3.8) is 0 Å². The number of hydrogen-bond donors (Lipinski definition) is 7. The van der Waals surface area contributed by atoms with Crippen LogP contribution in [-0.2, 0) is 33.6 Å². The molecule has 0 rings (SSSR count). The predicted molar refractivity (Wildman–Crippen MR) is 227 cm³/mol. The third-order valence-corrected chi connectivity index (χ3v) is 11.2. The topological polar surface area (TPSA) is 226 Å². The molecule has 0 heterocycles. The number of carboxylic acids is 1. The zero-order valence-corrected chi connectivity index (χ0v) is 36.2. The number of amides is 6. The summed E-state index contributed by atoms with van der Waals surface area (Å²) in [5.41, 5.74) is 5.49. The van der Waals surface area contributed by atoms with Crippen molar-refractivity contribution in [2.24, 2.45) is 5.73 Å². The van der Waals surface area contributed by atoms with Gasteiger partial charge in [-0.3, -0.25) is 33.6 Å². The maximum absolute atomic E-state index is 13.2. The normalized spacial score (nSPS) is 12.6. The largest absolute Gasteiger partial charge is 0.481 e. The zero-order chi connectivity index (χ0) is 41.8. The van der Waals surface area contributed by atoms with Crippen molar-refractivity contribution in [3.05, 3.63) is 0 Å². The summed E-state index contributed by atoms with van der Waals surface area (Å²) in [5.74, 6) is -5.03. The van der Waals surface area contributed by atoms with Crippen molar-refractivity contribution < 1.29 is 38.7 Å². The molecule has 0 bridgehead atoms. The van der Waals surface area contributed by atoms with Gasteiger partial charge < -0.3 is 37.4 Å². The van der Waals surface area contributed by atoms with Crippen LogP contribution in [0, 0.1) is 0 Å². The predicted octanol–water partition coefficient (Wildman–Crippen LogP) is 4.96. The molecule has 0 aromatic rings. The van der Waals surface area contributed by atoms with E-state index in [0.29, 0.717) is 13.1 Å². The minimum atomic E-state index is -1.60. The fraction of sp³-hybridized carbons (Fsp3) is 0.825. The second kappa shape index (κ2) is 36.3. The van der Waals surface area contributed by atoms with Gasteiger partial charge in [0, 0.05) is 31.5 Å². The Kier molecular flexibility index (Phi) is 34.4. The summed E-state index contributed by atoms with van der Waals surface area (Å²) in [5, 5.41) is 22.4. The average molecular weight is 831 g/mol. The van der Waals surface area contributed by atoms with Crippen molar-refractivity contribution >= 4 is 64.9 Å². The van der Waals surface area contributed by atoms with Gasteiger partial charge in [0.2, 0.25) is 35.4 Å².